The van der Waals surface area contributed by atoms with Crippen LogP contribution in [0.2, 0.25) is 0 Å². The number of esters is 1. The lowest BCUT2D eigenvalue weighted by Crippen LogP contribution is -2.30. The van der Waals surface area contributed by atoms with E-state index in [0.717, 1.165) is 10.5 Å². The van der Waals surface area contributed by atoms with Crippen molar-refractivity contribution in [3.8, 4) is 0 Å². The minimum absolute atomic E-state index is 0.0507. The Hall–Kier alpha value is -3.04. The first-order valence-corrected chi connectivity index (χ1v) is 9.54. The lowest BCUT2D eigenvalue weighted by atomic mass is 9.98. The normalized spacial score (nSPS) is 14.9. The lowest BCUT2D eigenvalue weighted by Gasteiger charge is -2.22. The molecule has 1 heterocycles. The molecule has 0 bridgehead atoms. The molecule has 1 fully saturated rings. The van der Waals surface area contributed by atoms with Gasteiger partial charge in [-0.15, -0.1) is 0 Å². The number of ether oxygens (including phenoxy) is 1. The van der Waals surface area contributed by atoms with Crippen LogP contribution in [0.3, 0.4) is 0 Å². The molecular weight excluding hydrogens is 384 g/mol. The van der Waals surface area contributed by atoms with Crippen molar-refractivity contribution in [1.82, 2.24) is 0 Å². The van der Waals surface area contributed by atoms with Crippen molar-refractivity contribution in [2.75, 3.05) is 16.7 Å². The fourth-order valence-corrected chi connectivity index (χ4v) is 3.48. The third-order valence-corrected chi connectivity index (χ3v) is 4.76. The molecule has 0 spiro atoms. The van der Waals surface area contributed by atoms with Gasteiger partial charge in [-0.05, 0) is 17.7 Å². The van der Waals surface area contributed by atoms with E-state index < -0.39 is 29.1 Å². The lowest BCUT2D eigenvalue weighted by molar-refractivity contribution is -0.121. The van der Waals surface area contributed by atoms with Crippen LogP contribution in [0.1, 0.15) is 34.3 Å². The highest BCUT2D eigenvalue weighted by Crippen LogP contribution is 2.35. The second-order valence-electron chi connectivity index (χ2n) is 6.15. The SMILES string of the molecule is COC(=O)c1cc(NS(=O)O)c(Cc2ccccc2)c(N2C(=O)CCC2=O)c1. The van der Waals surface area contributed by atoms with E-state index in [2.05, 4.69) is 4.72 Å². The third-order valence-electron chi connectivity index (χ3n) is 4.36. The van der Waals surface area contributed by atoms with E-state index >= 15 is 0 Å². The number of methoxy groups -OCH3 is 1. The molecule has 0 aromatic heterocycles. The molecule has 1 aliphatic heterocycles. The van der Waals surface area contributed by atoms with Crippen LogP contribution in [0.4, 0.5) is 11.4 Å². The van der Waals surface area contributed by atoms with Gasteiger partial charge < -0.3 is 4.74 Å². The Balaban J connectivity index is 2.22. The molecule has 2 N–H and O–H groups in total. The minimum atomic E-state index is -2.43. The van der Waals surface area contributed by atoms with Crippen LogP contribution in [0.25, 0.3) is 0 Å². The molecule has 0 aliphatic carbocycles. The number of carbonyl (C=O) groups is 3. The zero-order chi connectivity index (χ0) is 20.3. The first-order chi connectivity index (χ1) is 13.4. The van der Waals surface area contributed by atoms with E-state index in [1.807, 2.05) is 30.3 Å². The summed E-state index contributed by atoms with van der Waals surface area (Å²) < 4.78 is 27.9. The molecule has 8 nitrogen and oxygen atoms in total. The third kappa shape index (κ3) is 4.10. The Morgan fingerprint density at radius 1 is 1.18 bits per heavy atom. The highest BCUT2D eigenvalue weighted by atomic mass is 32.2. The topological polar surface area (TPSA) is 113 Å². The van der Waals surface area contributed by atoms with Gasteiger partial charge in [0, 0.05) is 24.8 Å². The van der Waals surface area contributed by atoms with E-state index in [4.69, 9.17) is 4.74 Å². The molecule has 2 amide bonds. The van der Waals surface area contributed by atoms with Gasteiger partial charge in [0.05, 0.1) is 24.0 Å². The second-order valence-corrected chi connectivity index (χ2v) is 6.85. The van der Waals surface area contributed by atoms with E-state index in [-0.39, 0.29) is 36.2 Å². The maximum atomic E-state index is 12.3. The Morgan fingerprint density at radius 2 is 1.82 bits per heavy atom. The molecule has 2 aromatic carbocycles. The van der Waals surface area contributed by atoms with Gasteiger partial charge in [0.1, 0.15) is 0 Å². The van der Waals surface area contributed by atoms with Crippen molar-refractivity contribution >= 4 is 40.4 Å². The van der Waals surface area contributed by atoms with Gasteiger partial charge in [0.2, 0.25) is 11.8 Å². The fraction of sp³-hybridized carbons (Fsp3) is 0.211. The highest BCUT2D eigenvalue weighted by molar-refractivity contribution is 7.80. The number of hydrogen-bond donors (Lipinski definition) is 2. The molecule has 2 aromatic rings. The summed E-state index contributed by atoms with van der Waals surface area (Å²) in [6.07, 6.45) is 0.412. The van der Waals surface area contributed by atoms with Crippen molar-refractivity contribution in [2.45, 2.75) is 19.3 Å². The van der Waals surface area contributed by atoms with Gasteiger partial charge in [-0.2, -0.15) is 0 Å². The van der Waals surface area contributed by atoms with Gasteiger partial charge >= 0.3 is 5.97 Å². The second kappa shape index (κ2) is 8.32. The van der Waals surface area contributed by atoms with Crippen LogP contribution in [-0.2, 0) is 32.0 Å². The first kappa shape index (κ1) is 19.7. The highest BCUT2D eigenvalue weighted by Gasteiger charge is 2.33. The molecule has 0 saturated carbocycles. The summed E-state index contributed by atoms with van der Waals surface area (Å²) in [4.78, 5) is 37.8. The molecular formula is C19H18N2O6S. The molecule has 3 rings (SSSR count). The summed E-state index contributed by atoms with van der Waals surface area (Å²) in [5.41, 5.74) is 1.72. The van der Waals surface area contributed by atoms with Crippen LogP contribution in [-0.4, -0.2) is 33.7 Å². The monoisotopic (exact) mass is 402 g/mol. The number of carbonyl (C=O) groups excluding carboxylic acids is 3. The van der Waals surface area contributed by atoms with Crippen LogP contribution in [0.15, 0.2) is 42.5 Å². The molecule has 1 unspecified atom stereocenters. The van der Waals surface area contributed by atoms with Gasteiger partial charge in [-0.1, -0.05) is 30.3 Å². The van der Waals surface area contributed by atoms with Gasteiger partial charge in [-0.3, -0.25) is 23.8 Å². The first-order valence-electron chi connectivity index (χ1n) is 8.43. The largest absolute Gasteiger partial charge is 0.465 e. The summed E-state index contributed by atoms with van der Waals surface area (Å²) in [5, 5.41) is 0. The number of nitrogens with zero attached hydrogens (tertiary/aromatic N) is 1. The predicted octanol–water partition coefficient (Wildman–Crippen LogP) is 2.27. The predicted molar refractivity (Wildman–Crippen MR) is 103 cm³/mol. The summed E-state index contributed by atoms with van der Waals surface area (Å²) >= 11 is -2.43. The van der Waals surface area contributed by atoms with E-state index in [0.29, 0.717) is 5.56 Å². The molecule has 1 atom stereocenters. The van der Waals surface area contributed by atoms with Crippen molar-refractivity contribution in [3.63, 3.8) is 0 Å². The zero-order valence-corrected chi connectivity index (χ0v) is 15.8. The summed E-state index contributed by atoms with van der Waals surface area (Å²) in [5.74, 6) is -1.48. The summed E-state index contributed by atoms with van der Waals surface area (Å²) in [6, 6.07) is 12.0. The Labute approximate surface area is 163 Å². The van der Waals surface area contributed by atoms with Crippen molar-refractivity contribution in [1.29, 1.82) is 0 Å². The van der Waals surface area contributed by atoms with Crippen LogP contribution >= 0.6 is 0 Å². The number of nitrogens with one attached hydrogen (secondary N) is 1. The van der Waals surface area contributed by atoms with Crippen molar-refractivity contribution in [3.05, 3.63) is 59.2 Å². The van der Waals surface area contributed by atoms with Gasteiger partial charge in [-0.25, -0.2) is 9.00 Å². The molecule has 9 heteroatoms. The van der Waals surface area contributed by atoms with Crippen LogP contribution in [0.5, 0.6) is 0 Å². The molecule has 1 aliphatic rings. The number of hydrogen-bond acceptors (Lipinski definition) is 5. The van der Waals surface area contributed by atoms with E-state index in [1.165, 1.54) is 19.2 Å². The summed E-state index contributed by atoms with van der Waals surface area (Å²) in [7, 11) is 1.20. The minimum Gasteiger partial charge on any atom is -0.465 e. The maximum absolute atomic E-state index is 12.3. The van der Waals surface area contributed by atoms with E-state index in [1.54, 1.807) is 0 Å². The molecule has 1 saturated heterocycles. The average molecular weight is 402 g/mol. The number of amides is 2. The van der Waals surface area contributed by atoms with E-state index in [9.17, 15) is 23.1 Å². The van der Waals surface area contributed by atoms with Gasteiger partial charge in [0.15, 0.2) is 0 Å². The fourth-order valence-electron chi connectivity index (χ4n) is 3.11. The molecule has 28 heavy (non-hydrogen) atoms. The standard InChI is InChI=1S/C19H18N2O6S/c1-27-19(24)13-10-15(20-28(25)26)14(9-12-5-3-2-4-6-12)16(11-13)21-17(22)7-8-18(21)23/h2-6,10-11,20H,7-9H2,1H3,(H,25,26). The zero-order valence-electron chi connectivity index (χ0n) is 15.0. The molecule has 0 radical (unpaired) electrons. The molecule has 146 valence electrons. The smallest absolute Gasteiger partial charge is 0.337 e. The number of benzene rings is 2. The van der Waals surface area contributed by atoms with Crippen molar-refractivity contribution < 1.29 is 27.9 Å². The quantitative estimate of drug-likeness (QED) is 0.435. The number of rotatable bonds is 6. The van der Waals surface area contributed by atoms with Crippen LogP contribution in [0, 0.1) is 0 Å². The van der Waals surface area contributed by atoms with Crippen LogP contribution < -0.4 is 9.62 Å². The Bertz CT molecular complexity index is 944. The Morgan fingerprint density at radius 3 is 2.39 bits per heavy atom. The average Bonchev–Trinajstić information content (AvgIpc) is 3.01. The number of imide groups is 1. The maximum Gasteiger partial charge on any atom is 0.337 e. The van der Waals surface area contributed by atoms with Gasteiger partial charge in [0.25, 0.3) is 11.3 Å². The van der Waals surface area contributed by atoms with Crippen molar-refractivity contribution in [2.24, 2.45) is 0 Å². The summed E-state index contributed by atoms with van der Waals surface area (Å²) in [6.45, 7) is 0. The number of anilines is 2. The Kier molecular flexibility index (Phi) is 5.86.